The first-order valence-corrected chi connectivity index (χ1v) is 6.93. The monoisotopic (exact) mass is 268 g/mol. The number of hydrogen-bond acceptors (Lipinski definition) is 4. The van der Waals surface area contributed by atoms with Gasteiger partial charge in [0.15, 0.2) is 0 Å². The Morgan fingerprint density at radius 3 is 2.68 bits per heavy atom. The van der Waals surface area contributed by atoms with Crippen molar-refractivity contribution in [1.29, 1.82) is 0 Å². The fraction of sp³-hybridized carbons (Fsp3) is 0.786. The summed E-state index contributed by atoms with van der Waals surface area (Å²) in [6.07, 6.45) is 1.13. The molecule has 1 aromatic rings. The molecule has 5 nitrogen and oxygen atoms in total. The van der Waals surface area contributed by atoms with Gasteiger partial charge in [-0.05, 0) is 40.9 Å². The van der Waals surface area contributed by atoms with Gasteiger partial charge in [-0.1, -0.05) is 0 Å². The number of nitrogens with zero attached hydrogens (tertiary/aromatic N) is 3. The SMILES string of the molecule is COCCNCc1c(C)nn(CCCN(C)C)c1C. The highest BCUT2D eigenvalue weighted by Gasteiger charge is 2.10. The maximum absolute atomic E-state index is 5.03. The van der Waals surface area contributed by atoms with Crippen LogP contribution in [0, 0.1) is 13.8 Å². The summed E-state index contributed by atoms with van der Waals surface area (Å²) < 4.78 is 7.16. The van der Waals surface area contributed by atoms with Crippen LogP contribution in [0.15, 0.2) is 0 Å². The number of aromatic nitrogens is 2. The van der Waals surface area contributed by atoms with Crippen molar-refractivity contribution in [2.24, 2.45) is 0 Å². The van der Waals surface area contributed by atoms with Crippen molar-refractivity contribution in [3.8, 4) is 0 Å². The summed E-state index contributed by atoms with van der Waals surface area (Å²) in [5.74, 6) is 0. The average Bonchev–Trinajstić information content (AvgIpc) is 2.61. The Balaban J connectivity index is 2.51. The number of aryl methyl sites for hydroxylation is 2. The zero-order valence-corrected chi connectivity index (χ0v) is 13.0. The van der Waals surface area contributed by atoms with E-state index in [1.54, 1.807) is 7.11 Å². The molecule has 5 heteroatoms. The van der Waals surface area contributed by atoms with Crippen LogP contribution in [0.1, 0.15) is 23.4 Å². The second-order valence-electron chi connectivity index (χ2n) is 5.20. The molecule has 0 spiro atoms. The first-order valence-electron chi connectivity index (χ1n) is 6.93. The van der Waals surface area contributed by atoms with Crippen LogP contribution in [-0.4, -0.2) is 55.6 Å². The fourth-order valence-electron chi connectivity index (χ4n) is 2.13. The lowest BCUT2D eigenvalue weighted by Gasteiger charge is -2.10. The van der Waals surface area contributed by atoms with Gasteiger partial charge in [-0.3, -0.25) is 4.68 Å². The Bertz CT molecular complexity index is 374. The highest BCUT2D eigenvalue weighted by molar-refractivity contribution is 5.24. The minimum Gasteiger partial charge on any atom is -0.383 e. The van der Waals surface area contributed by atoms with Crippen molar-refractivity contribution in [1.82, 2.24) is 20.0 Å². The quantitative estimate of drug-likeness (QED) is 0.683. The number of nitrogens with one attached hydrogen (secondary N) is 1. The van der Waals surface area contributed by atoms with Crippen molar-refractivity contribution >= 4 is 0 Å². The predicted molar refractivity (Wildman–Crippen MR) is 78.5 cm³/mol. The molecule has 110 valence electrons. The molecule has 1 N–H and O–H groups in total. The normalized spacial score (nSPS) is 11.5. The van der Waals surface area contributed by atoms with Crippen LogP contribution in [0.3, 0.4) is 0 Å². The van der Waals surface area contributed by atoms with Gasteiger partial charge in [-0.25, -0.2) is 0 Å². The first kappa shape index (κ1) is 16.1. The molecule has 0 saturated carbocycles. The van der Waals surface area contributed by atoms with Crippen LogP contribution < -0.4 is 5.32 Å². The Morgan fingerprint density at radius 2 is 2.05 bits per heavy atom. The summed E-state index contributed by atoms with van der Waals surface area (Å²) in [7, 11) is 5.93. The summed E-state index contributed by atoms with van der Waals surface area (Å²) in [6.45, 7) is 8.82. The molecule has 0 aliphatic carbocycles. The van der Waals surface area contributed by atoms with Gasteiger partial charge in [0.05, 0.1) is 12.3 Å². The van der Waals surface area contributed by atoms with Crippen molar-refractivity contribution in [2.75, 3.05) is 40.9 Å². The van der Waals surface area contributed by atoms with Crippen LogP contribution in [0.2, 0.25) is 0 Å². The second-order valence-corrected chi connectivity index (χ2v) is 5.20. The molecule has 1 aromatic heterocycles. The Hall–Kier alpha value is -0.910. The van der Waals surface area contributed by atoms with E-state index in [1.807, 2.05) is 0 Å². The Labute approximate surface area is 116 Å². The molecular weight excluding hydrogens is 240 g/mol. The Morgan fingerprint density at radius 1 is 1.32 bits per heavy atom. The van der Waals surface area contributed by atoms with Gasteiger partial charge in [-0.2, -0.15) is 5.10 Å². The van der Waals surface area contributed by atoms with Crippen LogP contribution in [0.25, 0.3) is 0 Å². The maximum atomic E-state index is 5.03. The molecule has 0 amide bonds. The summed E-state index contributed by atoms with van der Waals surface area (Å²) in [6, 6.07) is 0. The van der Waals surface area contributed by atoms with Gasteiger partial charge in [0.1, 0.15) is 0 Å². The van der Waals surface area contributed by atoms with Crippen LogP contribution >= 0.6 is 0 Å². The third kappa shape index (κ3) is 5.30. The molecule has 0 aliphatic rings. The third-order valence-corrected chi connectivity index (χ3v) is 3.29. The third-order valence-electron chi connectivity index (χ3n) is 3.29. The molecule has 0 radical (unpaired) electrons. The highest BCUT2D eigenvalue weighted by atomic mass is 16.5. The minimum atomic E-state index is 0.745. The predicted octanol–water partition coefficient (Wildman–Crippen LogP) is 1.19. The van der Waals surface area contributed by atoms with E-state index in [-0.39, 0.29) is 0 Å². The van der Waals surface area contributed by atoms with E-state index in [4.69, 9.17) is 4.74 Å². The van der Waals surface area contributed by atoms with Gasteiger partial charge in [0.2, 0.25) is 0 Å². The average molecular weight is 268 g/mol. The van der Waals surface area contributed by atoms with Gasteiger partial charge >= 0.3 is 0 Å². The lowest BCUT2D eigenvalue weighted by molar-refractivity contribution is 0.199. The molecule has 1 rings (SSSR count). The summed E-state index contributed by atoms with van der Waals surface area (Å²) in [5, 5.41) is 8.02. The molecule has 0 aromatic carbocycles. The molecule has 0 fully saturated rings. The van der Waals surface area contributed by atoms with E-state index in [0.717, 1.165) is 44.9 Å². The van der Waals surface area contributed by atoms with Gasteiger partial charge < -0.3 is 15.0 Å². The van der Waals surface area contributed by atoms with E-state index in [2.05, 4.69) is 47.9 Å². The van der Waals surface area contributed by atoms with E-state index >= 15 is 0 Å². The second kappa shape index (κ2) is 8.30. The van der Waals surface area contributed by atoms with E-state index in [9.17, 15) is 0 Å². The molecular formula is C14H28N4O. The topological polar surface area (TPSA) is 42.3 Å². The highest BCUT2D eigenvalue weighted by Crippen LogP contribution is 2.13. The van der Waals surface area contributed by atoms with E-state index in [1.165, 1.54) is 11.3 Å². The van der Waals surface area contributed by atoms with Crippen LogP contribution in [-0.2, 0) is 17.8 Å². The van der Waals surface area contributed by atoms with Crippen molar-refractivity contribution < 1.29 is 4.74 Å². The first-order chi connectivity index (χ1) is 9.06. The van der Waals surface area contributed by atoms with E-state index in [0.29, 0.717) is 0 Å². The van der Waals surface area contributed by atoms with Crippen molar-refractivity contribution in [3.05, 3.63) is 17.0 Å². The zero-order chi connectivity index (χ0) is 14.3. The maximum Gasteiger partial charge on any atom is 0.0641 e. The standard InChI is InChI=1S/C14H28N4O/c1-12-14(11-15-7-10-19-5)13(2)18(16-12)9-6-8-17(3)4/h15H,6-11H2,1-5H3. The lowest BCUT2D eigenvalue weighted by atomic mass is 10.2. The molecule has 0 saturated heterocycles. The molecule has 19 heavy (non-hydrogen) atoms. The van der Waals surface area contributed by atoms with Gasteiger partial charge in [0, 0.05) is 38.0 Å². The van der Waals surface area contributed by atoms with Crippen LogP contribution in [0.5, 0.6) is 0 Å². The summed E-state index contributed by atoms with van der Waals surface area (Å²) >= 11 is 0. The zero-order valence-electron chi connectivity index (χ0n) is 13.0. The summed E-state index contributed by atoms with van der Waals surface area (Å²) in [4.78, 5) is 2.21. The molecule has 0 unspecified atom stereocenters. The van der Waals surface area contributed by atoms with Gasteiger partial charge in [-0.15, -0.1) is 0 Å². The molecule has 0 bridgehead atoms. The smallest absolute Gasteiger partial charge is 0.0641 e. The molecule has 1 heterocycles. The Kier molecular flexibility index (Phi) is 7.05. The molecule has 0 aliphatic heterocycles. The van der Waals surface area contributed by atoms with Gasteiger partial charge in [0.25, 0.3) is 0 Å². The number of rotatable bonds is 9. The number of hydrogen-bond donors (Lipinski definition) is 1. The molecule has 0 atom stereocenters. The lowest BCUT2D eigenvalue weighted by Crippen LogP contribution is -2.19. The van der Waals surface area contributed by atoms with Crippen LogP contribution in [0.4, 0.5) is 0 Å². The van der Waals surface area contributed by atoms with Crippen molar-refractivity contribution in [2.45, 2.75) is 33.4 Å². The number of methoxy groups -OCH3 is 1. The largest absolute Gasteiger partial charge is 0.383 e. The fourth-order valence-corrected chi connectivity index (χ4v) is 2.13. The minimum absolute atomic E-state index is 0.745. The number of ether oxygens (including phenoxy) is 1. The van der Waals surface area contributed by atoms with E-state index < -0.39 is 0 Å². The van der Waals surface area contributed by atoms with Crippen molar-refractivity contribution in [3.63, 3.8) is 0 Å². The summed E-state index contributed by atoms with van der Waals surface area (Å²) in [5.41, 5.74) is 3.73.